The molecule has 41 heavy (non-hydrogen) atoms. The van der Waals surface area contributed by atoms with Gasteiger partial charge in [-0.05, 0) is 74.3 Å². The van der Waals surface area contributed by atoms with Crippen LogP contribution in [0.2, 0.25) is 5.02 Å². The zero-order valence-corrected chi connectivity index (χ0v) is 24.1. The van der Waals surface area contributed by atoms with Gasteiger partial charge in [0.25, 0.3) is 5.91 Å². The average Bonchev–Trinajstić information content (AvgIpc) is 3.63. The van der Waals surface area contributed by atoms with Crippen molar-refractivity contribution >= 4 is 51.8 Å². The lowest BCUT2D eigenvalue weighted by atomic mass is 9.80. The van der Waals surface area contributed by atoms with Crippen LogP contribution in [-0.4, -0.2) is 71.0 Å². The van der Waals surface area contributed by atoms with E-state index in [9.17, 15) is 19.5 Å². The van der Waals surface area contributed by atoms with Gasteiger partial charge in [0.2, 0.25) is 17.6 Å². The molecule has 11 heteroatoms. The molecule has 1 saturated carbocycles. The van der Waals surface area contributed by atoms with Crippen molar-refractivity contribution < 1.29 is 23.9 Å². The predicted molar refractivity (Wildman–Crippen MR) is 157 cm³/mol. The zero-order valence-electron chi connectivity index (χ0n) is 23.4. The molecule has 1 unspecified atom stereocenters. The van der Waals surface area contributed by atoms with E-state index in [0.29, 0.717) is 28.8 Å². The molecule has 218 valence electrons. The minimum Gasteiger partial charge on any atom is -0.449 e. The van der Waals surface area contributed by atoms with Crippen LogP contribution in [0.4, 0.5) is 11.5 Å². The van der Waals surface area contributed by atoms with Crippen molar-refractivity contribution in [2.45, 2.75) is 51.2 Å². The maximum atomic E-state index is 13.5. The van der Waals surface area contributed by atoms with Gasteiger partial charge >= 0.3 is 0 Å². The van der Waals surface area contributed by atoms with E-state index in [0.717, 1.165) is 44.3 Å². The van der Waals surface area contributed by atoms with Crippen LogP contribution in [0, 0.1) is 11.8 Å². The Labute approximate surface area is 244 Å². The molecule has 1 aliphatic carbocycles. The van der Waals surface area contributed by atoms with Crippen molar-refractivity contribution in [2.24, 2.45) is 11.8 Å². The first-order valence-corrected chi connectivity index (χ1v) is 14.5. The van der Waals surface area contributed by atoms with Crippen LogP contribution in [0.3, 0.4) is 0 Å². The Hall–Kier alpha value is -3.47. The Morgan fingerprint density at radius 1 is 1.10 bits per heavy atom. The van der Waals surface area contributed by atoms with Crippen LogP contribution in [0.15, 0.2) is 40.9 Å². The number of anilines is 2. The molecule has 0 radical (unpaired) electrons. The third-order valence-electron chi connectivity index (χ3n) is 8.11. The lowest BCUT2D eigenvalue weighted by molar-refractivity contribution is -0.128. The lowest BCUT2D eigenvalue weighted by Crippen LogP contribution is -2.41. The molecular formula is C30H36ClN5O5. The second kappa shape index (κ2) is 12.6. The normalized spacial score (nSPS) is 20.1. The maximum absolute atomic E-state index is 13.5. The number of rotatable bonds is 8. The fourth-order valence-electron chi connectivity index (χ4n) is 5.70. The first-order valence-electron chi connectivity index (χ1n) is 14.1. The number of amides is 3. The Morgan fingerprint density at radius 2 is 1.83 bits per heavy atom. The van der Waals surface area contributed by atoms with Gasteiger partial charge < -0.3 is 25.1 Å². The van der Waals surface area contributed by atoms with Crippen molar-refractivity contribution in [2.75, 3.05) is 37.8 Å². The first-order chi connectivity index (χ1) is 19.7. The molecule has 3 amide bonds. The van der Waals surface area contributed by atoms with Gasteiger partial charge in [-0.3, -0.25) is 19.3 Å². The molecule has 2 aliphatic rings. The third kappa shape index (κ3) is 6.72. The Kier molecular flexibility index (Phi) is 8.91. The van der Waals surface area contributed by atoms with Gasteiger partial charge in [-0.1, -0.05) is 17.7 Å². The number of benzene rings is 1. The highest BCUT2D eigenvalue weighted by molar-refractivity contribution is 6.30. The van der Waals surface area contributed by atoms with Crippen molar-refractivity contribution in [3.8, 4) is 0 Å². The van der Waals surface area contributed by atoms with Gasteiger partial charge in [0.15, 0.2) is 0 Å². The number of likely N-dealkylation sites (tertiary alicyclic amines) is 1. The number of halogens is 1. The number of pyridine rings is 1. The van der Waals surface area contributed by atoms with E-state index >= 15 is 0 Å². The van der Waals surface area contributed by atoms with Gasteiger partial charge in [-0.15, -0.1) is 0 Å². The van der Waals surface area contributed by atoms with E-state index in [1.807, 2.05) is 0 Å². The molecule has 5 rings (SSSR count). The summed E-state index contributed by atoms with van der Waals surface area (Å²) in [4.78, 5) is 47.0. The van der Waals surface area contributed by atoms with E-state index in [-0.39, 0.29) is 47.3 Å². The van der Waals surface area contributed by atoms with Gasteiger partial charge in [0.05, 0.1) is 11.4 Å². The summed E-state index contributed by atoms with van der Waals surface area (Å²) in [6.45, 7) is 1.85. The number of nitrogens with zero attached hydrogens (tertiary/aromatic N) is 3. The molecule has 1 aliphatic heterocycles. The second-order valence-electron chi connectivity index (χ2n) is 11.2. The van der Waals surface area contributed by atoms with Gasteiger partial charge in [-0.25, -0.2) is 4.98 Å². The van der Waals surface area contributed by atoms with Crippen LogP contribution < -0.4 is 10.6 Å². The number of nitrogens with one attached hydrogen (secondary N) is 2. The molecule has 10 nitrogen and oxygen atoms in total. The summed E-state index contributed by atoms with van der Waals surface area (Å²) < 4.78 is 5.94. The molecule has 1 aromatic carbocycles. The summed E-state index contributed by atoms with van der Waals surface area (Å²) in [6.07, 6.45) is 6.17. The van der Waals surface area contributed by atoms with E-state index in [4.69, 9.17) is 16.0 Å². The van der Waals surface area contributed by atoms with Crippen LogP contribution in [-0.2, 0) is 16.0 Å². The SMILES string of the molecule is CN(C)C(=O)Cc1ccc2oc(C(=O)Nc3ccc(Cl)cn3)c(NC(=O)C3CCC(C(O)N4CCCC4)CC3)c2c1. The largest absolute Gasteiger partial charge is 0.449 e. The smallest absolute Gasteiger partial charge is 0.294 e. The molecule has 0 bridgehead atoms. The third-order valence-corrected chi connectivity index (χ3v) is 8.33. The number of hydrogen-bond acceptors (Lipinski definition) is 7. The topological polar surface area (TPSA) is 128 Å². The number of hydrogen-bond donors (Lipinski definition) is 3. The van der Waals surface area contributed by atoms with Crippen LogP contribution >= 0.6 is 11.6 Å². The number of aliphatic hydroxyl groups excluding tert-OH is 1. The van der Waals surface area contributed by atoms with Crippen molar-refractivity contribution in [3.05, 3.63) is 52.9 Å². The van der Waals surface area contributed by atoms with Crippen molar-refractivity contribution in [3.63, 3.8) is 0 Å². The maximum Gasteiger partial charge on any atom is 0.294 e. The summed E-state index contributed by atoms with van der Waals surface area (Å²) in [5, 5.41) is 17.5. The highest BCUT2D eigenvalue weighted by atomic mass is 35.5. The molecule has 3 aromatic rings. The number of furan rings is 1. The van der Waals surface area contributed by atoms with E-state index < -0.39 is 12.1 Å². The average molecular weight is 582 g/mol. The summed E-state index contributed by atoms with van der Waals surface area (Å²) in [7, 11) is 3.38. The Bertz CT molecular complexity index is 1410. The first kappa shape index (κ1) is 29.0. The Balaban J connectivity index is 1.37. The second-order valence-corrected chi connectivity index (χ2v) is 11.6. The van der Waals surface area contributed by atoms with E-state index in [2.05, 4.69) is 20.5 Å². The molecule has 3 N–H and O–H groups in total. The lowest BCUT2D eigenvalue weighted by Gasteiger charge is -2.35. The number of likely N-dealkylation sites (N-methyl/N-ethyl adjacent to an activating group) is 1. The van der Waals surface area contributed by atoms with Gasteiger partial charge in [0.1, 0.15) is 23.3 Å². The number of fused-ring (bicyclic) bond motifs is 1. The van der Waals surface area contributed by atoms with Gasteiger partial charge in [-0.2, -0.15) is 0 Å². The quantitative estimate of drug-likeness (QED) is 0.357. The van der Waals surface area contributed by atoms with Crippen molar-refractivity contribution in [1.82, 2.24) is 14.8 Å². The summed E-state index contributed by atoms with van der Waals surface area (Å²) in [5.41, 5.74) is 1.40. The molecule has 2 aromatic heterocycles. The Morgan fingerprint density at radius 3 is 2.49 bits per heavy atom. The summed E-state index contributed by atoms with van der Waals surface area (Å²) >= 11 is 5.92. The fourth-order valence-corrected chi connectivity index (χ4v) is 5.82. The molecule has 1 atom stereocenters. The number of carbonyl (C=O) groups excluding carboxylic acids is 3. The minimum atomic E-state index is -0.574. The number of aromatic nitrogens is 1. The summed E-state index contributed by atoms with van der Waals surface area (Å²) in [6, 6.07) is 8.42. The molecule has 0 spiro atoms. The van der Waals surface area contributed by atoms with E-state index in [1.54, 1.807) is 44.4 Å². The highest BCUT2D eigenvalue weighted by Crippen LogP contribution is 2.36. The van der Waals surface area contributed by atoms with E-state index in [1.165, 1.54) is 11.1 Å². The van der Waals surface area contributed by atoms with Crippen LogP contribution in [0.5, 0.6) is 0 Å². The molecule has 2 fully saturated rings. The predicted octanol–water partition coefficient (Wildman–Crippen LogP) is 4.52. The number of carbonyl (C=O) groups is 3. The summed E-state index contributed by atoms with van der Waals surface area (Å²) in [5.74, 6) is -0.724. The van der Waals surface area contributed by atoms with Crippen molar-refractivity contribution in [1.29, 1.82) is 0 Å². The minimum absolute atomic E-state index is 0.0562. The number of aliphatic hydroxyl groups is 1. The fraction of sp³-hybridized carbons (Fsp3) is 0.467. The highest BCUT2D eigenvalue weighted by Gasteiger charge is 2.34. The van der Waals surface area contributed by atoms with Gasteiger partial charge in [0, 0.05) is 44.7 Å². The zero-order chi connectivity index (χ0) is 29.1. The molecular weight excluding hydrogens is 546 g/mol. The van der Waals surface area contributed by atoms with Crippen LogP contribution in [0.1, 0.15) is 54.6 Å². The molecule has 3 heterocycles. The molecule has 1 saturated heterocycles. The monoisotopic (exact) mass is 581 g/mol. The standard InChI is InChI=1S/C30H36ClN5O5/c1-35(2)25(37)16-18-5-11-23-22(15-18)26(27(41-23)29(39)33-24-12-10-21(31)17-32-24)34-28(38)19-6-8-20(9-7-19)30(40)36-13-3-4-14-36/h5,10-12,15,17,19-20,30,40H,3-4,6-9,13-14,16H2,1-2H3,(H,34,38)(H,32,33,39). The van der Waals surface area contributed by atoms with Crippen LogP contribution in [0.25, 0.3) is 11.0 Å².